The van der Waals surface area contributed by atoms with Crippen molar-refractivity contribution in [1.29, 1.82) is 0 Å². The van der Waals surface area contributed by atoms with Gasteiger partial charge in [-0.1, -0.05) is 109 Å². The van der Waals surface area contributed by atoms with E-state index in [1.54, 1.807) is 18.2 Å². The van der Waals surface area contributed by atoms with Gasteiger partial charge in [0, 0.05) is 22.7 Å². The monoisotopic (exact) mass is 660 g/mol. The predicted molar refractivity (Wildman–Crippen MR) is 195 cm³/mol. The summed E-state index contributed by atoms with van der Waals surface area (Å²) in [6.45, 7) is 4.41. The van der Waals surface area contributed by atoms with E-state index < -0.39 is 5.54 Å². The molecule has 0 amide bonds. The van der Waals surface area contributed by atoms with Gasteiger partial charge in [-0.3, -0.25) is 4.79 Å². The van der Waals surface area contributed by atoms with Crippen LogP contribution in [0.25, 0.3) is 17.3 Å². The van der Waals surface area contributed by atoms with Gasteiger partial charge < -0.3 is 9.30 Å². The van der Waals surface area contributed by atoms with E-state index in [0.29, 0.717) is 41.2 Å². The van der Waals surface area contributed by atoms with Crippen molar-refractivity contribution in [3.8, 4) is 11.3 Å². The van der Waals surface area contributed by atoms with Gasteiger partial charge in [0.15, 0.2) is 5.78 Å². The molecule has 4 aliphatic rings. The van der Waals surface area contributed by atoms with E-state index in [0.717, 1.165) is 42.4 Å². The van der Waals surface area contributed by atoms with Crippen molar-refractivity contribution in [1.82, 2.24) is 9.55 Å². The van der Waals surface area contributed by atoms with Gasteiger partial charge in [-0.25, -0.2) is 9.37 Å². The van der Waals surface area contributed by atoms with E-state index >= 15 is 4.39 Å². The first-order chi connectivity index (χ1) is 24.5. The molecular formula is C45H41FN2O2. The standard InChI is InChI=1S/C45H41FN2O2/c1-2-23-50-42-37-24-31-25-43(27-38(42)44(37,26-31)29-43)41(49)22-21-35-36(19-12-20-39(35)46)40-28-48(30-47-40)45(32-13-6-3-7-14-32,33-15-8-4-9-16-33)34-17-10-5-11-18-34/h2-22,28,30-31,37-38,42H,1,23-27,29H2/b22-21+. The molecular weight excluding hydrogens is 620 g/mol. The van der Waals surface area contributed by atoms with Crippen molar-refractivity contribution in [2.75, 3.05) is 6.61 Å². The van der Waals surface area contributed by atoms with Crippen LogP contribution in [0.2, 0.25) is 0 Å². The minimum Gasteiger partial charge on any atom is -0.374 e. The van der Waals surface area contributed by atoms with Crippen LogP contribution in [-0.2, 0) is 15.1 Å². The molecule has 4 fully saturated rings. The summed E-state index contributed by atoms with van der Waals surface area (Å²) in [5.41, 5.74) is 4.05. The molecule has 6 unspecified atom stereocenters. The zero-order valence-electron chi connectivity index (χ0n) is 28.1. The molecule has 1 heterocycles. The molecule has 0 aliphatic heterocycles. The molecule has 0 saturated heterocycles. The molecule has 9 rings (SSSR count). The molecule has 250 valence electrons. The number of carbonyl (C=O) groups excluding carboxylic acids is 1. The molecule has 4 aliphatic carbocycles. The number of ether oxygens (including phenoxy) is 1. The zero-order chi connectivity index (χ0) is 33.9. The Balaban J connectivity index is 1.09. The molecule has 4 nitrogen and oxygen atoms in total. The Hall–Kier alpha value is -4.87. The molecule has 6 atom stereocenters. The summed E-state index contributed by atoms with van der Waals surface area (Å²) in [6.07, 6.45) is 14.4. The number of benzene rings is 4. The fourth-order valence-corrected chi connectivity index (χ4v) is 11.0. The molecule has 0 radical (unpaired) electrons. The Morgan fingerprint density at radius 3 is 2.18 bits per heavy atom. The highest BCUT2D eigenvalue weighted by Crippen LogP contribution is 2.79. The molecule has 1 spiro atoms. The van der Waals surface area contributed by atoms with Gasteiger partial charge in [-0.05, 0) is 90.2 Å². The number of hydrogen-bond donors (Lipinski definition) is 0. The Morgan fingerprint density at radius 2 is 1.54 bits per heavy atom. The first kappa shape index (κ1) is 31.1. The molecule has 50 heavy (non-hydrogen) atoms. The maximum atomic E-state index is 15.8. The normalized spacial score (nSPS) is 27.7. The minimum atomic E-state index is -0.736. The topological polar surface area (TPSA) is 44.1 Å². The number of fused-ring (bicyclic) bond motifs is 2. The molecule has 4 aromatic carbocycles. The second-order valence-electron chi connectivity index (χ2n) is 15.1. The lowest BCUT2D eigenvalue weighted by atomic mass is 9.53. The van der Waals surface area contributed by atoms with Crippen LogP contribution in [-0.4, -0.2) is 28.0 Å². The van der Waals surface area contributed by atoms with Crippen molar-refractivity contribution in [3.05, 3.63) is 169 Å². The molecule has 5 aromatic rings. The van der Waals surface area contributed by atoms with Crippen LogP contribution in [0.15, 0.2) is 140 Å². The fourth-order valence-electron chi connectivity index (χ4n) is 11.0. The molecule has 3 bridgehead atoms. The third-order valence-electron chi connectivity index (χ3n) is 12.7. The van der Waals surface area contributed by atoms with Crippen LogP contribution in [0.4, 0.5) is 4.39 Å². The lowest BCUT2D eigenvalue weighted by molar-refractivity contribution is -0.165. The van der Waals surface area contributed by atoms with E-state index in [1.165, 1.54) is 12.5 Å². The number of nitrogens with zero attached hydrogens (tertiary/aromatic N) is 2. The summed E-state index contributed by atoms with van der Waals surface area (Å²) in [4.78, 5) is 19.1. The quantitative estimate of drug-likeness (QED) is 0.0806. The molecule has 0 N–H and O–H groups in total. The average Bonchev–Trinajstić information content (AvgIpc) is 3.79. The number of imidazole rings is 1. The van der Waals surface area contributed by atoms with E-state index in [4.69, 9.17) is 9.72 Å². The Morgan fingerprint density at radius 1 is 0.880 bits per heavy atom. The van der Waals surface area contributed by atoms with Crippen LogP contribution in [0.3, 0.4) is 0 Å². The van der Waals surface area contributed by atoms with E-state index in [-0.39, 0.29) is 28.5 Å². The summed E-state index contributed by atoms with van der Waals surface area (Å²) in [5.74, 6) is 1.33. The maximum absolute atomic E-state index is 15.8. The van der Waals surface area contributed by atoms with E-state index in [1.807, 2.05) is 42.9 Å². The van der Waals surface area contributed by atoms with Gasteiger partial charge in [-0.2, -0.15) is 0 Å². The summed E-state index contributed by atoms with van der Waals surface area (Å²) in [7, 11) is 0. The Kier molecular flexibility index (Phi) is 7.40. The van der Waals surface area contributed by atoms with Crippen LogP contribution < -0.4 is 0 Å². The number of aromatic nitrogens is 2. The van der Waals surface area contributed by atoms with Crippen molar-refractivity contribution in [2.45, 2.75) is 43.7 Å². The van der Waals surface area contributed by atoms with Gasteiger partial charge in [-0.15, -0.1) is 6.58 Å². The maximum Gasteiger partial charge on any atom is 0.161 e. The van der Waals surface area contributed by atoms with Gasteiger partial charge >= 0.3 is 0 Å². The van der Waals surface area contributed by atoms with Crippen molar-refractivity contribution in [3.63, 3.8) is 0 Å². The predicted octanol–water partition coefficient (Wildman–Crippen LogP) is 9.51. The van der Waals surface area contributed by atoms with Crippen LogP contribution in [0.5, 0.6) is 0 Å². The van der Waals surface area contributed by atoms with Crippen LogP contribution in [0, 0.1) is 34.4 Å². The average molecular weight is 661 g/mol. The SMILES string of the molecule is C=CCOC1C2CC3CC4(C(=O)/C=C/c5c(F)cccc5-c5cn(C(c6ccccc6)(c6ccccc6)c6ccccc6)cn5)CC1C2(C3)C4. The summed E-state index contributed by atoms with van der Waals surface area (Å²) < 4.78 is 24.2. The third-order valence-corrected chi connectivity index (χ3v) is 12.7. The Labute approximate surface area is 293 Å². The highest BCUT2D eigenvalue weighted by Gasteiger charge is 2.76. The summed E-state index contributed by atoms with van der Waals surface area (Å²) in [6, 6.07) is 36.4. The lowest BCUT2D eigenvalue weighted by Gasteiger charge is -2.55. The number of rotatable bonds is 11. The van der Waals surface area contributed by atoms with Gasteiger partial charge in [0.1, 0.15) is 11.4 Å². The number of hydrogen-bond acceptors (Lipinski definition) is 3. The van der Waals surface area contributed by atoms with Crippen LogP contribution >= 0.6 is 0 Å². The van der Waals surface area contributed by atoms with Gasteiger partial charge in [0.25, 0.3) is 0 Å². The van der Waals surface area contributed by atoms with Gasteiger partial charge in [0.2, 0.25) is 0 Å². The molecule has 1 aromatic heterocycles. The second-order valence-corrected chi connectivity index (χ2v) is 15.1. The third kappa shape index (κ3) is 4.52. The van der Waals surface area contributed by atoms with Gasteiger partial charge in [0.05, 0.1) is 24.7 Å². The number of allylic oxidation sites excluding steroid dienone is 1. The summed E-state index contributed by atoms with van der Waals surface area (Å²) in [5, 5.41) is 0. The van der Waals surface area contributed by atoms with Crippen molar-refractivity contribution < 1.29 is 13.9 Å². The highest BCUT2D eigenvalue weighted by molar-refractivity contribution is 5.99. The number of halogens is 1. The molecule has 4 saturated carbocycles. The number of carbonyl (C=O) groups is 1. The first-order valence-corrected chi connectivity index (χ1v) is 17.9. The Bertz CT molecular complexity index is 1990. The fraction of sp³-hybridized carbons (Fsp3) is 0.289. The lowest BCUT2D eigenvalue weighted by Crippen LogP contribution is -2.56. The van der Waals surface area contributed by atoms with Crippen LogP contribution in [0.1, 0.15) is 54.4 Å². The summed E-state index contributed by atoms with van der Waals surface area (Å²) >= 11 is 0. The minimum absolute atomic E-state index is 0.134. The second kappa shape index (κ2) is 11.9. The largest absolute Gasteiger partial charge is 0.374 e. The van der Waals surface area contributed by atoms with Crippen molar-refractivity contribution in [2.24, 2.45) is 28.6 Å². The van der Waals surface area contributed by atoms with Crippen molar-refractivity contribution >= 4 is 11.9 Å². The van der Waals surface area contributed by atoms with E-state index in [2.05, 4.69) is 83.9 Å². The highest BCUT2D eigenvalue weighted by atomic mass is 19.1. The van der Waals surface area contributed by atoms with E-state index in [9.17, 15) is 4.79 Å². The molecule has 5 heteroatoms. The zero-order valence-corrected chi connectivity index (χ0v) is 28.1. The first-order valence-electron chi connectivity index (χ1n) is 17.9. The smallest absolute Gasteiger partial charge is 0.161 e. The number of ketones is 1.